The summed E-state index contributed by atoms with van der Waals surface area (Å²) in [4.78, 5) is 15.6. The van der Waals surface area contributed by atoms with Gasteiger partial charge in [0.15, 0.2) is 0 Å². The van der Waals surface area contributed by atoms with E-state index in [1.807, 2.05) is 44.2 Å². The number of rotatable bonds is 1. The average Bonchev–Trinajstić information content (AvgIpc) is 2.93. The quantitative estimate of drug-likeness (QED) is 0.397. The van der Waals surface area contributed by atoms with Crippen molar-refractivity contribution >= 4 is 33.2 Å². The van der Waals surface area contributed by atoms with Crippen molar-refractivity contribution < 1.29 is 23.1 Å². The van der Waals surface area contributed by atoms with Crippen LogP contribution < -0.4 is 14.4 Å². The standard InChI is InChI=1S/C32H41ClN2O5S/c1-3-31-21(2)7-6-9-29(36)27-14-11-24(27)19-35-16-5-4-8-22-17-26(33)13-10-25(22)20-40-30-15-12-23(18-28(30)35)32(37)34-41(31,38)39/h6,9-10,12-13,15,17-18,21,24,27,29,31,36H,3-5,7-8,11,14,16,19-20H2,1-2H3,(H,34,37)/b9-6+/t21?,24-,27+,29?,31+/m0/s1. The Morgan fingerprint density at radius 1 is 1.12 bits per heavy atom. The summed E-state index contributed by atoms with van der Waals surface area (Å²) < 4.78 is 35.4. The van der Waals surface area contributed by atoms with Gasteiger partial charge in [-0.15, -0.1) is 0 Å². The predicted octanol–water partition coefficient (Wildman–Crippen LogP) is 5.88. The molecule has 2 aliphatic heterocycles. The second kappa shape index (κ2) is 12.8. The Morgan fingerprint density at radius 3 is 2.71 bits per heavy atom. The summed E-state index contributed by atoms with van der Waals surface area (Å²) in [6, 6.07) is 11.1. The molecule has 5 atom stereocenters. The van der Waals surface area contributed by atoms with E-state index < -0.39 is 27.3 Å². The van der Waals surface area contributed by atoms with E-state index in [0.29, 0.717) is 36.1 Å². The number of benzene rings is 2. The molecule has 41 heavy (non-hydrogen) atoms. The van der Waals surface area contributed by atoms with Crippen LogP contribution in [0.5, 0.6) is 5.75 Å². The summed E-state index contributed by atoms with van der Waals surface area (Å²) in [5.41, 5.74) is 3.30. The highest BCUT2D eigenvalue weighted by Crippen LogP contribution is 2.41. The number of fused-ring (bicyclic) bond motifs is 3. The van der Waals surface area contributed by atoms with Crippen molar-refractivity contribution in [3.8, 4) is 5.75 Å². The summed E-state index contributed by atoms with van der Waals surface area (Å²) in [5.74, 6) is 0.237. The molecule has 1 amide bonds. The lowest BCUT2D eigenvalue weighted by Crippen LogP contribution is -2.43. The van der Waals surface area contributed by atoms with Gasteiger partial charge < -0.3 is 14.7 Å². The zero-order valence-electron chi connectivity index (χ0n) is 23.9. The van der Waals surface area contributed by atoms with E-state index >= 15 is 0 Å². The van der Waals surface area contributed by atoms with Crippen molar-refractivity contribution in [2.24, 2.45) is 17.8 Å². The van der Waals surface area contributed by atoms with E-state index in [-0.39, 0.29) is 17.4 Å². The molecule has 2 bridgehead atoms. The normalized spacial score (nSPS) is 29.4. The number of nitrogens with one attached hydrogen (secondary N) is 1. The van der Waals surface area contributed by atoms with Crippen LogP contribution in [-0.4, -0.2) is 43.9 Å². The van der Waals surface area contributed by atoms with Crippen molar-refractivity contribution in [1.29, 1.82) is 0 Å². The van der Waals surface area contributed by atoms with Crippen molar-refractivity contribution in [3.05, 3.63) is 70.3 Å². The third-order valence-corrected chi connectivity index (χ3v) is 11.4. The molecule has 3 aliphatic rings. The molecule has 0 spiro atoms. The summed E-state index contributed by atoms with van der Waals surface area (Å²) >= 11 is 6.30. The van der Waals surface area contributed by atoms with Gasteiger partial charge in [0, 0.05) is 23.7 Å². The van der Waals surface area contributed by atoms with Crippen molar-refractivity contribution in [1.82, 2.24) is 4.72 Å². The summed E-state index contributed by atoms with van der Waals surface area (Å²) in [6.07, 6.45) is 8.81. The summed E-state index contributed by atoms with van der Waals surface area (Å²) in [5, 5.41) is 11.0. The molecule has 2 heterocycles. The fourth-order valence-corrected chi connectivity index (χ4v) is 8.44. The molecule has 1 aliphatic carbocycles. The first-order valence-corrected chi connectivity index (χ1v) is 16.8. The molecule has 1 fully saturated rings. The highest BCUT2D eigenvalue weighted by atomic mass is 35.5. The van der Waals surface area contributed by atoms with Gasteiger partial charge in [0.05, 0.1) is 17.0 Å². The lowest BCUT2D eigenvalue weighted by atomic mass is 9.70. The molecule has 1 saturated carbocycles. The average molecular weight is 601 g/mol. The van der Waals surface area contributed by atoms with Crippen LogP contribution in [0.25, 0.3) is 0 Å². The second-order valence-corrected chi connectivity index (χ2v) is 14.2. The minimum atomic E-state index is -3.92. The number of hydrogen-bond donors (Lipinski definition) is 2. The molecule has 222 valence electrons. The van der Waals surface area contributed by atoms with Gasteiger partial charge in [0.25, 0.3) is 5.91 Å². The Hall–Kier alpha value is -2.55. The maximum Gasteiger partial charge on any atom is 0.264 e. The third kappa shape index (κ3) is 6.76. The van der Waals surface area contributed by atoms with E-state index in [1.165, 1.54) is 5.56 Å². The van der Waals surface area contributed by atoms with Gasteiger partial charge in [-0.25, -0.2) is 13.1 Å². The predicted molar refractivity (Wildman–Crippen MR) is 163 cm³/mol. The zero-order valence-corrected chi connectivity index (χ0v) is 25.5. The highest BCUT2D eigenvalue weighted by molar-refractivity contribution is 7.90. The minimum Gasteiger partial charge on any atom is -0.487 e. The van der Waals surface area contributed by atoms with Gasteiger partial charge in [0.1, 0.15) is 12.4 Å². The SMILES string of the molecule is CC[C@@H]1C(C)C/C=C/C(O)[C@@H]2CC[C@H]2CN2CCCCc3cc(Cl)ccc3COc3ccc(cc32)C(=O)NS1(=O)=O. The van der Waals surface area contributed by atoms with Gasteiger partial charge in [-0.05, 0) is 104 Å². The number of anilines is 1. The maximum atomic E-state index is 13.4. The van der Waals surface area contributed by atoms with Crippen LogP contribution in [0.1, 0.15) is 73.9 Å². The van der Waals surface area contributed by atoms with Gasteiger partial charge in [-0.3, -0.25) is 4.79 Å². The van der Waals surface area contributed by atoms with Crippen LogP contribution in [0.3, 0.4) is 0 Å². The first-order chi connectivity index (χ1) is 19.7. The Balaban J connectivity index is 1.54. The van der Waals surface area contributed by atoms with Crippen LogP contribution in [0.2, 0.25) is 5.02 Å². The minimum absolute atomic E-state index is 0.139. The van der Waals surface area contributed by atoms with Gasteiger partial charge >= 0.3 is 0 Å². The Labute approximate surface area is 249 Å². The van der Waals surface area contributed by atoms with E-state index in [1.54, 1.807) is 18.2 Å². The largest absolute Gasteiger partial charge is 0.487 e. The number of carbonyl (C=O) groups is 1. The number of aryl methyl sites for hydroxylation is 1. The van der Waals surface area contributed by atoms with E-state index in [4.69, 9.17) is 16.3 Å². The molecule has 9 heteroatoms. The maximum absolute atomic E-state index is 13.4. The Bertz CT molecular complexity index is 1390. The topological polar surface area (TPSA) is 95.9 Å². The van der Waals surface area contributed by atoms with Crippen LogP contribution in [0, 0.1) is 17.8 Å². The molecule has 0 saturated heterocycles. The number of carbonyl (C=O) groups excluding carboxylic acids is 1. The van der Waals surface area contributed by atoms with Gasteiger partial charge in [-0.2, -0.15) is 0 Å². The molecule has 2 aromatic carbocycles. The second-order valence-electron chi connectivity index (χ2n) is 11.8. The van der Waals surface area contributed by atoms with Gasteiger partial charge in [-0.1, -0.05) is 43.7 Å². The lowest BCUT2D eigenvalue weighted by molar-refractivity contribution is 0.0461. The molecule has 7 nitrogen and oxygen atoms in total. The number of amides is 1. The number of ether oxygens (including phenoxy) is 1. The summed E-state index contributed by atoms with van der Waals surface area (Å²) in [6.45, 7) is 5.54. The number of sulfonamides is 1. The molecular weight excluding hydrogens is 560 g/mol. The van der Waals surface area contributed by atoms with Crippen LogP contribution in [0.4, 0.5) is 5.69 Å². The van der Waals surface area contributed by atoms with Crippen LogP contribution in [-0.2, 0) is 23.1 Å². The van der Waals surface area contributed by atoms with E-state index in [9.17, 15) is 18.3 Å². The number of nitrogens with zero attached hydrogens (tertiary/aromatic N) is 1. The number of allylic oxidation sites excluding steroid dienone is 1. The van der Waals surface area contributed by atoms with Crippen molar-refractivity contribution in [2.75, 3.05) is 18.0 Å². The summed E-state index contributed by atoms with van der Waals surface area (Å²) in [7, 11) is -3.92. The number of aliphatic hydroxyl groups is 1. The fourth-order valence-electron chi connectivity index (χ4n) is 6.55. The molecule has 2 unspecified atom stereocenters. The number of halogens is 1. The van der Waals surface area contributed by atoms with Crippen LogP contribution in [0.15, 0.2) is 48.6 Å². The number of hydrogen-bond acceptors (Lipinski definition) is 6. The zero-order chi connectivity index (χ0) is 29.1. The molecular formula is C32H41ClN2O5S. The lowest BCUT2D eigenvalue weighted by Gasteiger charge is -2.42. The van der Waals surface area contributed by atoms with E-state index in [2.05, 4.69) is 9.62 Å². The third-order valence-electron chi connectivity index (χ3n) is 9.12. The molecule has 2 N–H and O–H groups in total. The monoisotopic (exact) mass is 600 g/mol. The van der Waals surface area contributed by atoms with Crippen molar-refractivity contribution in [3.63, 3.8) is 0 Å². The molecule has 0 radical (unpaired) electrons. The molecule has 2 aromatic rings. The Morgan fingerprint density at radius 2 is 1.95 bits per heavy atom. The molecule has 0 aromatic heterocycles. The first-order valence-electron chi connectivity index (χ1n) is 14.9. The fraction of sp³-hybridized carbons (Fsp3) is 0.531. The highest BCUT2D eigenvalue weighted by Gasteiger charge is 2.37. The smallest absolute Gasteiger partial charge is 0.264 e. The molecule has 5 rings (SSSR count). The van der Waals surface area contributed by atoms with E-state index in [0.717, 1.165) is 56.4 Å². The number of aliphatic hydroxyl groups excluding tert-OH is 1. The van der Waals surface area contributed by atoms with Crippen molar-refractivity contribution in [2.45, 2.75) is 76.8 Å². The Kier molecular flexibility index (Phi) is 9.31. The van der Waals surface area contributed by atoms with Crippen LogP contribution >= 0.6 is 11.6 Å². The van der Waals surface area contributed by atoms with Gasteiger partial charge in [0.2, 0.25) is 10.0 Å². The first kappa shape index (κ1) is 29.9.